The van der Waals surface area contributed by atoms with Gasteiger partial charge in [0.25, 0.3) is 5.91 Å². The van der Waals surface area contributed by atoms with Crippen molar-refractivity contribution in [2.75, 3.05) is 19.0 Å². The van der Waals surface area contributed by atoms with Crippen LogP contribution in [0, 0.1) is 0 Å². The van der Waals surface area contributed by atoms with Gasteiger partial charge in [-0.2, -0.15) is 0 Å². The molecule has 0 spiro atoms. The van der Waals surface area contributed by atoms with Crippen LogP contribution in [0.15, 0.2) is 53.9 Å². The normalized spacial score (nSPS) is 10.4. The maximum atomic E-state index is 12.6. The van der Waals surface area contributed by atoms with E-state index in [2.05, 4.69) is 5.32 Å². The van der Waals surface area contributed by atoms with Gasteiger partial charge in [0.15, 0.2) is 0 Å². The number of thiophene rings is 1. The third-order valence-corrected chi connectivity index (χ3v) is 5.10. The molecule has 0 saturated carbocycles. The quantitative estimate of drug-likeness (QED) is 0.539. The van der Waals surface area contributed by atoms with Gasteiger partial charge >= 0.3 is 5.97 Å². The maximum Gasteiger partial charge on any atom is 0.341 e. The average Bonchev–Trinajstić information content (AvgIpc) is 3.11. The third-order valence-electron chi connectivity index (χ3n) is 3.97. The maximum absolute atomic E-state index is 12.6. The summed E-state index contributed by atoms with van der Waals surface area (Å²) in [5.41, 5.74) is 2.22. The summed E-state index contributed by atoms with van der Waals surface area (Å²) in [6.45, 7) is 2.49. The molecule has 0 radical (unpaired) electrons. The summed E-state index contributed by atoms with van der Waals surface area (Å²) in [7, 11) is 1.31. The molecule has 0 saturated heterocycles. The minimum atomic E-state index is -0.522. The minimum absolute atomic E-state index is 0.312. The van der Waals surface area contributed by atoms with Crippen LogP contribution in [0.3, 0.4) is 0 Å². The first-order valence-electron chi connectivity index (χ1n) is 8.53. The summed E-state index contributed by atoms with van der Waals surface area (Å²) < 4.78 is 10.4. The fourth-order valence-corrected chi connectivity index (χ4v) is 3.81. The molecule has 7 heteroatoms. The highest BCUT2D eigenvalue weighted by Crippen LogP contribution is 2.37. The van der Waals surface area contributed by atoms with E-state index in [0.29, 0.717) is 33.3 Å². The molecule has 1 N–H and O–H groups in total. The largest absolute Gasteiger partial charge is 0.494 e. The molecular weight excluding hydrogens is 398 g/mol. The first-order chi connectivity index (χ1) is 13.5. The molecule has 3 rings (SSSR count). The second kappa shape index (κ2) is 8.91. The highest BCUT2D eigenvalue weighted by Gasteiger charge is 2.22. The number of nitrogens with one attached hydrogen (secondary N) is 1. The summed E-state index contributed by atoms with van der Waals surface area (Å²) in [6.07, 6.45) is 0. The smallest absolute Gasteiger partial charge is 0.341 e. The fourth-order valence-electron chi connectivity index (χ4n) is 2.67. The van der Waals surface area contributed by atoms with Gasteiger partial charge in [-0.3, -0.25) is 4.79 Å². The van der Waals surface area contributed by atoms with Crippen molar-refractivity contribution in [2.24, 2.45) is 0 Å². The summed E-state index contributed by atoms with van der Waals surface area (Å²) in [5, 5.41) is 5.48. The zero-order valence-corrected chi connectivity index (χ0v) is 16.9. The molecule has 2 aromatic carbocycles. The van der Waals surface area contributed by atoms with Crippen molar-refractivity contribution in [3.8, 4) is 16.9 Å². The predicted octanol–water partition coefficient (Wildman–Crippen LogP) is 5.51. The van der Waals surface area contributed by atoms with Crippen LogP contribution < -0.4 is 10.1 Å². The summed E-state index contributed by atoms with van der Waals surface area (Å²) >= 11 is 7.21. The van der Waals surface area contributed by atoms with Crippen LogP contribution in [0.25, 0.3) is 11.1 Å². The van der Waals surface area contributed by atoms with Crippen molar-refractivity contribution in [3.63, 3.8) is 0 Å². The van der Waals surface area contributed by atoms with Gasteiger partial charge in [0, 0.05) is 21.5 Å². The first kappa shape index (κ1) is 19.9. The van der Waals surface area contributed by atoms with Gasteiger partial charge in [0.1, 0.15) is 16.3 Å². The number of hydrogen-bond donors (Lipinski definition) is 1. The number of hydrogen-bond acceptors (Lipinski definition) is 5. The van der Waals surface area contributed by atoms with Gasteiger partial charge in [-0.1, -0.05) is 29.8 Å². The van der Waals surface area contributed by atoms with Gasteiger partial charge in [0.05, 0.1) is 13.7 Å². The van der Waals surface area contributed by atoms with E-state index in [-0.39, 0.29) is 5.91 Å². The Kier molecular flexibility index (Phi) is 6.34. The van der Waals surface area contributed by atoms with Crippen LogP contribution in [0.5, 0.6) is 5.75 Å². The second-order valence-electron chi connectivity index (χ2n) is 5.77. The number of amides is 1. The van der Waals surface area contributed by atoms with Crippen molar-refractivity contribution in [3.05, 3.63) is 70.1 Å². The Labute approximate surface area is 171 Å². The molecule has 28 heavy (non-hydrogen) atoms. The molecule has 0 aliphatic heterocycles. The van der Waals surface area contributed by atoms with Crippen molar-refractivity contribution in [2.45, 2.75) is 6.92 Å². The number of carbonyl (C=O) groups is 2. The Hall–Kier alpha value is -2.83. The molecule has 0 aliphatic rings. The van der Waals surface area contributed by atoms with Crippen molar-refractivity contribution >= 4 is 39.8 Å². The molecule has 1 heterocycles. The van der Waals surface area contributed by atoms with E-state index in [1.165, 1.54) is 18.4 Å². The first-order valence-corrected chi connectivity index (χ1v) is 9.79. The van der Waals surface area contributed by atoms with Gasteiger partial charge in [-0.15, -0.1) is 11.3 Å². The minimum Gasteiger partial charge on any atom is -0.494 e. The topological polar surface area (TPSA) is 64.6 Å². The van der Waals surface area contributed by atoms with E-state index in [1.807, 2.05) is 36.6 Å². The molecule has 0 bridgehead atoms. The number of ether oxygens (including phenoxy) is 2. The molecule has 0 fully saturated rings. The van der Waals surface area contributed by atoms with Crippen LogP contribution in [-0.2, 0) is 4.74 Å². The molecule has 3 aromatic rings. The van der Waals surface area contributed by atoms with E-state index < -0.39 is 5.97 Å². The fraction of sp³-hybridized carbons (Fsp3) is 0.143. The van der Waals surface area contributed by atoms with Gasteiger partial charge in [0.2, 0.25) is 0 Å². The lowest BCUT2D eigenvalue weighted by Crippen LogP contribution is -2.14. The Bertz CT molecular complexity index is 998. The Morgan fingerprint density at radius 1 is 1.14 bits per heavy atom. The van der Waals surface area contributed by atoms with Gasteiger partial charge in [-0.05, 0) is 42.8 Å². The molecule has 1 aromatic heterocycles. The number of carbonyl (C=O) groups excluding carboxylic acids is 2. The zero-order valence-electron chi connectivity index (χ0n) is 15.3. The molecule has 0 atom stereocenters. The molecular formula is C21H18ClNO4S. The van der Waals surface area contributed by atoms with Crippen molar-refractivity contribution in [1.29, 1.82) is 0 Å². The highest BCUT2D eigenvalue weighted by atomic mass is 35.5. The number of methoxy groups -OCH3 is 1. The SMILES string of the molecule is CCOc1ccc(-c2csc(NC(=O)c3cccc(Cl)c3)c2C(=O)OC)cc1. The van der Waals surface area contributed by atoms with Crippen LogP contribution >= 0.6 is 22.9 Å². The lowest BCUT2D eigenvalue weighted by molar-refractivity contribution is 0.0603. The molecule has 0 unspecified atom stereocenters. The lowest BCUT2D eigenvalue weighted by Gasteiger charge is -2.09. The van der Waals surface area contributed by atoms with Crippen molar-refractivity contribution < 1.29 is 19.1 Å². The Morgan fingerprint density at radius 3 is 2.54 bits per heavy atom. The molecule has 5 nitrogen and oxygen atoms in total. The van der Waals surface area contributed by atoms with E-state index in [0.717, 1.165) is 11.3 Å². The van der Waals surface area contributed by atoms with Crippen LogP contribution in [0.4, 0.5) is 5.00 Å². The van der Waals surface area contributed by atoms with E-state index in [9.17, 15) is 9.59 Å². The van der Waals surface area contributed by atoms with E-state index >= 15 is 0 Å². The molecule has 0 aliphatic carbocycles. The number of anilines is 1. The number of halogens is 1. The van der Waals surface area contributed by atoms with E-state index in [1.54, 1.807) is 24.3 Å². The van der Waals surface area contributed by atoms with Gasteiger partial charge < -0.3 is 14.8 Å². The molecule has 1 amide bonds. The molecule has 144 valence electrons. The summed E-state index contributed by atoms with van der Waals surface area (Å²) in [6, 6.07) is 14.0. The second-order valence-corrected chi connectivity index (χ2v) is 7.08. The predicted molar refractivity (Wildman–Crippen MR) is 112 cm³/mol. The van der Waals surface area contributed by atoms with Crippen molar-refractivity contribution in [1.82, 2.24) is 0 Å². The summed E-state index contributed by atoms with van der Waals surface area (Å²) in [4.78, 5) is 25.0. The highest BCUT2D eigenvalue weighted by molar-refractivity contribution is 7.15. The van der Waals surface area contributed by atoms with Crippen LogP contribution in [0.2, 0.25) is 5.02 Å². The third kappa shape index (κ3) is 4.35. The average molecular weight is 416 g/mol. The summed E-state index contributed by atoms with van der Waals surface area (Å²) in [5.74, 6) is -0.130. The number of esters is 1. The number of benzene rings is 2. The van der Waals surface area contributed by atoms with Crippen LogP contribution in [-0.4, -0.2) is 25.6 Å². The number of rotatable bonds is 6. The van der Waals surface area contributed by atoms with Gasteiger partial charge in [-0.25, -0.2) is 4.79 Å². The monoisotopic (exact) mass is 415 g/mol. The lowest BCUT2D eigenvalue weighted by atomic mass is 10.0. The van der Waals surface area contributed by atoms with E-state index in [4.69, 9.17) is 21.1 Å². The van der Waals surface area contributed by atoms with Crippen LogP contribution in [0.1, 0.15) is 27.6 Å². The Balaban J connectivity index is 1.94. The zero-order chi connectivity index (χ0) is 20.1. The Morgan fingerprint density at radius 2 is 1.89 bits per heavy atom. The standard InChI is InChI=1S/C21H18ClNO4S/c1-3-27-16-9-7-13(8-10-16)17-12-28-20(18(17)21(25)26-2)23-19(24)14-5-4-6-15(22)11-14/h4-12H,3H2,1-2H3,(H,23,24).